The zero-order chi connectivity index (χ0) is 7.82. The highest BCUT2D eigenvalue weighted by Crippen LogP contribution is 1.83. The zero-order valence-corrected chi connectivity index (χ0v) is 4.62. The summed E-state index contributed by atoms with van der Waals surface area (Å²) in [5.41, 5.74) is 0. The fourth-order valence-corrected chi connectivity index (χ4v) is 0.137. The van der Waals surface area contributed by atoms with Crippen LogP contribution in [-0.2, 0) is 9.68 Å². The van der Waals surface area contributed by atoms with Gasteiger partial charge >= 0.3 is 6.16 Å². The van der Waals surface area contributed by atoms with Gasteiger partial charge in [-0.1, -0.05) is 0 Å². The van der Waals surface area contributed by atoms with E-state index in [0.717, 1.165) is 0 Å². The van der Waals surface area contributed by atoms with Crippen molar-refractivity contribution < 1.29 is 14.5 Å². The number of hydrogen-bond donors (Lipinski definition) is 2. The first kappa shape index (κ1) is 8.03. The highest BCUT2D eigenvalue weighted by molar-refractivity contribution is 5.60. The van der Waals surface area contributed by atoms with Crippen LogP contribution in [-0.4, -0.2) is 18.2 Å². The Labute approximate surface area is 54.9 Å². The average Bonchev–Trinajstić information content (AvgIpc) is 1.97. The van der Waals surface area contributed by atoms with Gasteiger partial charge in [0.2, 0.25) is 0 Å². The Morgan fingerprint density at radius 3 is 1.90 bits per heavy atom. The SMILES string of the molecule is N=C=NOC(=O)ON=C=N. The standard InChI is InChI=1S/C3H2N4O3/c4-1-6-9-3(8)10-7-2-5/h4-5H. The second-order valence-corrected chi connectivity index (χ2v) is 0.839. The Hall–Kier alpha value is -1.97. The largest absolute Gasteiger partial charge is 0.563 e. The number of nitrogens with zero attached hydrogens (tertiary/aromatic N) is 2. The predicted molar refractivity (Wildman–Crippen MR) is 27.9 cm³/mol. The molecule has 0 heterocycles. The van der Waals surface area contributed by atoms with E-state index in [1.165, 1.54) is 12.0 Å². The van der Waals surface area contributed by atoms with Crippen molar-refractivity contribution >= 4 is 18.2 Å². The maximum Gasteiger partial charge on any atom is 0.563 e. The predicted octanol–water partition coefficient (Wildman–Crippen LogP) is 0.475. The number of nitrogens with one attached hydrogen (secondary N) is 2. The molecule has 0 aromatic rings. The summed E-state index contributed by atoms with van der Waals surface area (Å²) in [7, 11) is 0. The van der Waals surface area contributed by atoms with E-state index in [0.29, 0.717) is 0 Å². The lowest BCUT2D eigenvalue weighted by molar-refractivity contribution is 0.0607. The fourth-order valence-electron chi connectivity index (χ4n) is 0.137. The lowest BCUT2D eigenvalue weighted by atomic mass is 11.4. The minimum Gasteiger partial charge on any atom is -0.270 e. The number of hydrogen-bond acceptors (Lipinski definition) is 7. The van der Waals surface area contributed by atoms with E-state index in [1.54, 1.807) is 0 Å². The molecule has 0 fully saturated rings. The van der Waals surface area contributed by atoms with Gasteiger partial charge in [0.05, 0.1) is 0 Å². The molecule has 0 aliphatic heterocycles. The molecule has 0 unspecified atom stereocenters. The molecule has 0 saturated heterocycles. The molecule has 0 rings (SSSR count). The van der Waals surface area contributed by atoms with Crippen LogP contribution in [0.25, 0.3) is 0 Å². The number of carbonyl (C=O) groups is 1. The molecular weight excluding hydrogens is 140 g/mol. The van der Waals surface area contributed by atoms with Gasteiger partial charge in [-0.05, 0) is 10.3 Å². The van der Waals surface area contributed by atoms with Crippen molar-refractivity contribution in [2.75, 3.05) is 0 Å². The Morgan fingerprint density at radius 2 is 1.60 bits per heavy atom. The lowest BCUT2D eigenvalue weighted by Crippen LogP contribution is -1.97. The van der Waals surface area contributed by atoms with E-state index < -0.39 is 6.16 Å². The van der Waals surface area contributed by atoms with Crippen molar-refractivity contribution in [2.45, 2.75) is 0 Å². The van der Waals surface area contributed by atoms with Crippen LogP contribution in [0.15, 0.2) is 10.3 Å². The van der Waals surface area contributed by atoms with Crippen LogP contribution >= 0.6 is 0 Å². The van der Waals surface area contributed by atoms with Gasteiger partial charge in [-0.2, -0.15) is 4.79 Å². The minimum atomic E-state index is -1.25. The van der Waals surface area contributed by atoms with E-state index in [4.69, 9.17) is 10.8 Å². The van der Waals surface area contributed by atoms with Gasteiger partial charge in [0.1, 0.15) is 12.0 Å². The van der Waals surface area contributed by atoms with Crippen LogP contribution in [0.3, 0.4) is 0 Å². The Kier molecular flexibility index (Phi) is 4.15. The van der Waals surface area contributed by atoms with E-state index >= 15 is 0 Å². The second-order valence-electron chi connectivity index (χ2n) is 0.839. The molecule has 0 radical (unpaired) electrons. The monoisotopic (exact) mass is 142 g/mol. The molecule has 0 amide bonds. The van der Waals surface area contributed by atoms with Crippen LogP contribution in [0.5, 0.6) is 0 Å². The van der Waals surface area contributed by atoms with Crippen molar-refractivity contribution in [3.8, 4) is 0 Å². The number of rotatable bonds is 2. The Morgan fingerprint density at radius 1 is 1.20 bits per heavy atom. The zero-order valence-electron chi connectivity index (χ0n) is 4.62. The molecule has 0 aromatic heterocycles. The van der Waals surface area contributed by atoms with Crippen molar-refractivity contribution in [3.63, 3.8) is 0 Å². The maximum absolute atomic E-state index is 10.1. The lowest BCUT2D eigenvalue weighted by Gasteiger charge is -1.86. The van der Waals surface area contributed by atoms with Crippen LogP contribution in [0.1, 0.15) is 0 Å². The van der Waals surface area contributed by atoms with Crippen molar-refractivity contribution in [1.29, 1.82) is 10.8 Å². The van der Waals surface area contributed by atoms with Crippen LogP contribution in [0.4, 0.5) is 4.79 Å². The van der Waals surface area contributed by atoms with E-state index in [2.05, 4.69) is 20.0 Å². The summed E-state index contributed by atoms with van der Waals surface area (Å²) in [6.07, 6.45) is -1.25. The summed E-state index contributed by atoms with van der Waals surface area (Å²) < 4.78 is 0. The first-order valence-electron chi connectivity index (χ1n) is 1.92. The molecule has 10 heavy (non-hydrogen) atoms. The van der Waals surface area contributed by atoms with Crippen molar-refractivity contribution in [2.24, 2.45) is 10.3 Å². The molecule has 7 heteroatoms. The van der Waals surface area contributed by atoms with Crippen LogP contribution in [0.2, 0.25) is 0 Å². The quantitative estimate of drug-likeness (QED) is 0.332. The smallest absolute Gasteiger partial charge is 0.270 e. The first-order chi connectivity index (χ1) is 4.81. The summed E-state index contributed by atoms with van der Waals surface area (Å²) in [4.78, 5) is 17.6. The molecule has 0 saturated carbocycles. The van der Waals surface area contributed by atoms with E-state index in [1.807, 2.05) is 0 Å². The minimum absolute atomic E-state index is 1.25. The summed E-state index contributed by atoms with van der Waals surface area (Å²) >= 11 is 0. The molecular formula is C3H2N4O3. The van der Waals surface area contributed by atoms with Gasteiger partial charge in [0, 0.05) is 0 Å². The van der Waals surface area contributed by atoms with Gasteiger partial charge in [-0.3, -0.25) is 9.68 Å². The number of carbonyl (C=O) groups excluding carboxylic acids is 1. The maximum atomic E-state index is 10.1. The molecule has 0 spiro atoms. The van der Waals surface area contributed by atoms with Gasteiger partial charge in [0.15, 0.2) is 0 Å². The third-order valence-electron chi connectivity index (χ3n) is 0.332. The summed E-state index contributed by atoms with van der Waals surface area (Å²) in [5, 5.41) is 17.5. The normalized spacial score (nSPS) is 6.40. The molecule has 7 nitrogen and oxygen atoms in total. The Balaban J connectivity index is 3.63. The fraction of sp³-hybridized carbons (Fsp3) is 0. The summed E-state index contributed by atoms with van der Waals surface area (Å²) in [6, 6.07) is 2.84. The summed E-state index contributed by atoms with van der Waals surface area (Å²) in [5.74, 6) is 0. The highest BCUT2D eigenvalue weighted by Gasteiger charge is 1.99. The molecule has 0 aliphatic rings. The average molecular weight is 142 g/mol. The van der Waals surface area contributed by atoms with E-state index in [-0.39, 0.29) is 0 Å². The van der Waals surface area contributed by atoms with Crippen molar-refractivity contribution in [1.82, 2.24) is 0 Å². The topological polar surface area (TPSA) is 108 Å². The molecule has 0 bridgehead atoms. The van der Waals surface area contributed by atoms with E-state index in [9.17, 15) is 4.79 Å². The molecule has 52 valence electrons. The summed E-state index contributed by atoms with van der Waals surface area (Å²) in [6.45, 7) is 0. The highest BCUT2D eigenvalue weighted by atomic mass is 16.8. The second kappa shape index (κ2) is 5.17. The molecule has 0 aromatic carbocycles. The van der Waals surface area contributed by atoms with Gasteiger partial charge in [0.25, 0.3) is 0 Å². The van der Waals surface area contributed by atoms with Crippen LogP contribution in [0, 0.1) is 10.8 Å². The molecule has 2 N–H and O–H groups in total. The van der Waals surface area contributed by atoms with Gasteiger partial charge < -0.3 is 0 Å². The van der Waals surface area contributed by atoms with Crippen molar-refractivity contribution in [3.05, 3.63) is 0 Å². The molecule has 0 atom stereocenters. The van der Waals surface area contributed by atoms with Gasteiger partial charge in [-0.25, -0.2) is 10.8 Å². The molecule has 0 aliphatic carbocycles. The third-order valence-corrected chi connectivity index (χ3v) is 0.332. The van der Waals surface area contributed by atoms with Gasteiger partial charge in [-0.15, -0.1) is 0 Å². The van der Waals surface area contributed by atoms with Crippen LogP contribution < -0.4 is 0 Å². The third kappa shape index (κ3) is 4.20. The Bertz CT molecular complexity index is 190. The first-order valence-corrected chi connectivity index (χ1v) is 1.92.